The summed E-state index contributed by atoms with van der Waals surface area (Å²) in [6.07, 6.45) is 3.95. The number of fused-ring (bicyclic) bond motifs is 14. The Kier molecular flexibility index (Phi) is 8.95. The fourth-order valence-corrected chi connectivity index (χ4v) is 13.0. The van der Waals surface area contributed by atoms with Crippen molar-refractivity contribution in [2.45, 2.75) is 38.5 Å². The van der Waals surface area contributed by atoms with Crippen molar-refractivity contribution in [3.8, 4) is 78.9 Å². The molecule has 6 heteroatoms. The second kappa shape index (κ2) is 15.6. The zero-order valence-electron chi connectivity index (χ0n) is 41.5. The average molecular weight is 949 g/mol. The lowest BCUT2D eigenvalue weighted by Crippen LogP contribution is -2.15. The second-order valence-corrected chi connectivity index (χ2v) is 21.0. The van der Waals surface area contributed by atoms with Crippen molar-refractivity contribution >= 4 is 43.6 Å². The molecule has 2 aliphatic rings. The van der Waals surface area contributed by atoms with Crippen LogP contribution >= 0.6 is 0 Å². The molecule has 6 nitrogen and oxygen atoms in total. The summed E-state index contributed by atoms with van der Waals surface area (Å²) in [5.74, 6) is 1.79. The molecule has 0 unspecified atom stereocenters. The van der Waals surface area contributed by atoms with Crippen molar-refractivity contribution in [1.82, 2.24) is 29.1 Å². The molecule has 0 atom stereocenters. The van der Waals surface area contributed by atoms with E-state index >= 15 is 0 Å². The maximum Gasteiger partial charge on any atom is 0.164 e. The summed E-state index contributed by atoms with van der Waals surface area (Å²) in [6, 6.07) is 74.4. The summed E-state index contributed by atoms with van der Waals surface area (Å²) < 4.78 is 4.91. The molecule has 15 rings (SSSR count). The molecule has 0 aliphatic heterocycles. The largest absolute Gasteiger partial charge is 0.309 e. The van der Waals surface area contributed by atoms with Crippen molar-refractivity contribution in [1.29, 1.82) is 0 Å². The lowest BCUT2D eigenvalue weighted by molar-refractivity contribution is 0.666. The van der Waals surface area contributed by atoms with Crippen molar-refractivity contribution in [2.24, 2.45) is 0 Å². The number of benzene rings is 9. The van der Waals surface area contributed by atoms with E-state index in [9.17, 15) is 0 Å². The highest BCUT2D eigenvalue weighted by atomic mass is 15.0. The zero-order valence-corrected chi connectivity index (χ0v) is 41.5. The molecule has 0 fully saturated rings. The van der Waals surface area contributed by atoms with Gasteiger partial charge in [-0.3, -0.25) is 4.98 Å². The van der Waals surface area contributed by atoms with Gasteiger partial charge in [0.1, 0.15) is 0 Å². The molecule has 13 aromatic rings. The van der Waals surface area contributed by atoms with E-state index in [1.165, 1.54) is 66.1 Å². The number of aromatic nitrogens is 6. The van der Waals surface area contributed by atoms with E-state index in [1.807, 2.05) is 48.8 Å². The predicted molar refractivity (Wildman–Crippen MR) is 303 cm³/mol. The van der Waals surface area contributed by atoms with Crippen LogP contribution in [0, 0.1) is 0 Å². The van der Waals surface area contributed by atoms with E-state index in [0.717, 1.165) is 61.3 Å². The Morgan fingerprint density at radius 2 is 0.824 bits per heavy atom. The van der Waals surface area contributed by atoms with E-state index in [0.29, 0.717) is 17.5 Å². The number of rotatable bonds is 6. The maximum atomic E-state index is 5.36. The molecule has 2 aliphatic carbocycles. The Morgan fingerprint density at radius 3 is 1.41 bits per heavy atom. The molecule has 0 saturated heterocycles. The first kappa shape index (κ1) is 42.4. The van der Waals surface area contributed by atoms with Gasteiger partial charge in [-0.2, -0.15) is 0 Å². The monoisotopic (exact) mass is 948 g/mol. The highest BCUT2D eigenvalue weighted by Crippen LogP contribution is 2.55. The van der Waals surface area contributed by atoms with Crippen LogP contribution < -0.4 is 0 Å². The summed E-state index contributed by atoms with van der Waals surface area (Å²) >= 11 is 0. The van der Waals surface area contributed by atoms with Gasteiger partial charge in [0.05, 0.1) is 27.8 Å². The van der Waals surface area contributed by atoms with Crippen LogP contribution in [0.2, 0.25) is 0 Å². The van der Waals surface area contributed by atoms with Crippen LogP contribution in [-0.4, -0.2) is 29.1 Å². The third-order valence-corrected chi connectivity index (χ3v) is 16.2. The minimum Gasteiger partial charge on any atom is -0.309 e. The van der Waals surface area contributed by atoms with Crippen LogP contribution in [0.1, 0.15) is 49.9 Å². The average Bonchev–Trinajstić information content (AvgIpc) is 4.16. The van der Waals surface area contributed by atoms with Crippen molar-refractivity contribution in [3.05, 3.63) is 241 Å². The smallest absolute Gasteiger partial charge is 0.164 e. The summed E-state index contributed by atoms with van der Waals surface area (Å²) in [5.41, 5.74) is 21.5. The molecular formula is C68H48N6. The van der Waals surface area contributed by atoms with Gasteiger partial charge >= 0.3 is 0 Å². The summed E-state index contributed by atoms with van der Waals surface area (Å²) in [5, 5.41) is 5.01. The van der Waals surface area contributed by atoms with E-state index in [2.05, 4.69) is 207 Å². The third-order valence-electron chi connectivity index (χ3n) is 16.2. The van der Waals surface area contributed by atoms with Crippen molar-refractivity contribution in [3.63, 3.8) is 0 Å². The molecule has 350 valence electrons. The van der Waals surface area contributed by atoms with Gasteiger partial charge in [0.25, 0.3) is 0 Å². The topological polar surface area (TPSA) is 61.4 Å². The number of nitrogens with zero attached hydrogens (tertiary/aromatic N) is 6. The summed E-state index contributed by atoms with van der Waals surface area (Å²) in [4.78, 5) is 20.8. The Morgan fingerprint density at radius 1 is 0.351 bits per heavy atom. The SMILES string of the molecule is CC1(C)c2ccccc2-c2ccc3c(c21)c1ccccc1n3-c1ccc(-c2nc(-c3ccccc3)nc(-c3ccccc3)n2)c(-c2cnccc2-n2c3ccccc3c3c4c(ccc32)-c2ccccc2C4(C)C)c1. The highest BCUT2D eigenvalue weighted by molar-refractivity contribution is 6.16. The molecule has 0 saturated carbocycles. The van der Waals surface area contributed by atoms with Crippen LogP contribution in [0.3, 0.4) is 0 Å². The Bertz CT molecular complexity index is 4420. The molecule has 0 spiro atoms. The van der Waals surface area contributed by atoms with E-state index < -0.39 is 0 Å². The maximum absolute atomic E-state index is 5.36. The number of hydrogen-bond donors (Lipinski definition) is 0. The Hall–Kier alpha value is -9.26. The van der Waals surface area contributed by atoms with Gasteiger partial charge in [-0.25, -0.2) is 15.0 Å². The molecule has 0 amide bonds. The third kappa shape index (κ3) is 5.93. The van der Waals surface area contributed by atoms with Crippen LogP contribution in [0.15, 0.2) is 219 Å². The second-order valence-electron chi connectivity index (χ2n) is 21.0. The molecule has 0 radical (unpaired) electrons. The molecular weight excluding hydrogens is 901 g/mol. The number of para-hydroxylation sites is 2. The molecule has 0 N–H and O–H groups in total. The Labute approximate surface area is 429 Å². The molecule has 4 aromatic heterocycles. The lowest BCUT2D eigenvalue weighted by Gasteiger charge is -2.23. The first-order valence-electron chi connectivity index (χ1n) is 25.6. The first-order valence-corrected chi connectivity index (χ1v) is 25.6. The normalized spacial score (nSPS) is 13.9. The van der Waals surface area contributed by atoms with Gasteiger partial charge in [-0.05, 0) is 98.6 Å². The van der Waals surface area contributed by atoms with Gasteiger partial charge in [-0.1, -0.05) is 185 Å². The van der Waals surface area contributed by atoms with Gasteiger partial charge < -0.3 is 9.13 Å². The lowest BCUT2D eigenvalue weighted by atomic mass is 9.80. The van der Waals surface area contributed by atoms with Gasteiger partial charge in [-0.15, -0.1) is 0 Å². The van der Waals surface area contributed by atoms with Crippen LogP contribution in [0.4, 0.5) is 0 Å². The summed E-state index contributed by atoms with van der Waals surface area (Å²) in [7, 11) is 0. The van der Waals surface area contributed by atoms with Crippen LogP contribution in [-0.2, 0) is 10.8 Å². The number of hydrogen-bond acceptors (Lipinski definition) is 4. The summed E-state index contributed by atoms with van der Waals surface area (Å²) in [6.45, 7) is 9.52. The van der Waals surface area contributed by atoms with Gasteiger partial charge in [0.2, 0.25) is 0 Å². The van der Waals surface area contributed by atoms with E-state index in [1.54, 1.807) is 0 Å². The van der Waals surface area contributed by atoms with Gasteiger partial charge in [0.15, 0.2) is 17.5 Å². The predicted octanol–water partition coefficient (Wildman–Crippen LogP) is 16.7. The fourth-order valence-electron chi connectivity index (χ4n) is 13.0. The quantitative estimate of drug-likeness (QED) is 0.167. The Balaban J connectivity index is 1.03. The minimum atomic E-state index is -0.213. The molecule has 9 aromatic carbocycles. The fraction of sp³-hybridized carbons (Fsp3) is 0.0882. The standard InChI is InChI=1S/C68H48N6/c1-67(2)53-27-15-11-23-44(53)46-33-35-58-60(62(46)67)49-25-13-17-29-55(49)73(58)43-31-32-48(66-71-64(41-19-7-5-8-20-41)70-65(72-66)42-21-9-6-10-22-42)51(39-43)52-40-69-38-37-57(52)74-56-30-18-14-26-50(56)61-59(74)36-34-47-45-24-12-16-28-54(45)68(3,4)63(47)61/h5-40H,1-4H3. The van der Waals surface area contributed by atoms with Crippen LogP contribution in [0.5, 0.6) is 0 Å². The molecule has 4 heterocycles. The zero-order chi connectivity index (χ0) is 49.5. The minimum absolute atomic E-state index is 0.202. The number of pyridine rings is 1. The van der Waals surface area contributed by atoms with Gasteiger partial charge in [0, 0.05) is 72.7 Å². The van der Waals surface area contributed by atoms with E-state index in [4.69, 9.17) is 19.9 Å². The van der Waals surface area contributed by atoms with E-state index in [-0.39, 0.29) is 10.8 Å². The highest BCUT2D eigenvalue weighted by Gasteiger charge is 2.40. The van der Waals surface area contributed by atoms with Crippen molar-refractivity contribution < 1.29 is 0 Å². The molecule has 0 bridgehead atoms. The molecule has 74 heavy (non-hydrogen) atoms. The first-order chi connectivity index (χ1) is 36.3. The van der Waals surface area contributed by atoms with Crippen molar-refractivity contribution in [2.75, 3.05) is 0 Å². The van der Waals surface area contributed by atoms with Crippen LogP contribution in [0.25, 0.3) is 123 Å².